The minimum atomic E-state index is -1.33. The lowest BCUT2D eigenvalue weighted by Crippen LogP contribution is -2.34. The first-order valence-electron chi connectivity index (χ1n) is 4.90. The number of hydrogen-bond acceptors (Lipinski definition) is 1. The van der Waals surface area contributed by atoms with Crippen molar-refractivity contribution in [3.8, 4) is 0 Å². The Morgan fingerprint density at radius 2 is 2.17 bits per heavy atom. The van der Waals surface area contributed by atoms with E-state index in [1.165, 1.54) is 19.3 Å². The maximum Gasteiger partial charge on any atom is 0.184 e. The van der Waals surface area contributed by atoms with Crippen molar-refractivity contribution in [3.63, 3.8) is 0 Å². The van der Waals surface area contributed by atoms with E-state index in [1.807, 2.05) is 0 Å². The van der Waals surface area contributed by atoms with Crippen LogP contribution in [-0.4, -0.2) is 13.9 Å². The first-order valence-corrected chi connectivity index (χ1v) is 8.31. The molecule has 0 spiro atoms. The van der Waals surface area contributed by atoms with Crippen molar-refractivity contribution in [2.45, 2.75) is 44.5 Å². The van der Waals surface area contributed by atoms with Crippen molar-refractivity contribution in [2.75, 3.05) is 0 Å². The average Bonchev–Trinajstić information content (AvgIpc) is 2.56. The van der Waals surface area contributed by atoms with Gasteiger partial charge in [0.05, 0.1) is 5.60 Å². The average molecular weight is 182 g/mol. The van der Waals surface area contributed by atoms with Crippen LogP contribution >= 0.6 is 0 Å². The van der Waals surface area contributed by atoms with Crippen molar-refractivity contribution < 1.29 is 4.43 Å². The highest BCUT2D eigenvalue weighted by atomic mass is 28.4. The molecule has 0 aliphatic heterocycles. The summed E-state index contributed by atoms with van der Waals surface area (Å²) >= 11 is 0. The van der Waals surface area contributed by atoms with Gasteiger partial charge in [-0.15, -0.1) is 0 Å². The Balaban J connectivity index is 2.05. The van der Waals surface area contributed by atoms with E-state index in [1.54, 1.807) is 0 Å². The fraction of sp³-hybridized carbons (Fsp3) is 0.800. The molecule has 1 saturated carbocycles. The molecular formula is C10H18OSi. The van der Waals surface area contributed by atoms with Crippen molar-refractivity contribution >= 4 is 8.32 Å². The van der Waals surface area contributed by atoms with Gasteiger partial charge in [0.2, 0.25) is 0 Å². The molecule has 0 heterocycles. The van der Waals surface area contributed by atoms with E-state index >= 15 is 0 Å². The minimum Gasteiger partial charge on any atom is -0.408 e. The highest BCUT2D eigenvalue weighted by molar-refractivity contribution is 6.69. The Morgan fingerprint density at radius 1 is 1.42 bits per heavy atom. The van der Waals surface area contributed by atoms with Gasteiger partial charge >= 0.3 is 0 Å². The molecule has 1 fully saturated rings. The molecule has 0 aromatic rings. The number of rotatable bonds is 2. The van der Waals surface area contributed by atoms with Crippen LogP contribution in [0.4, 0.5) is 0 Å². The van der Waals surface area contributed by atoms with Crippen LogP contribution in [0.5, 0.6) is 0 Å². The molecule has 0 radical (unpaired) electrons. The summed E-state index contributed by atoms with van der Waals surface area (Å²) in [4.78, 5) is 0. The molecule has 2 atom stereocenters. The van der Waals surface area contributed by atoms with Gasteiger partial charge in [-0.1, -0.05) is 12.2 Å². The molecule has 2 heteroatoms. The summed E-state index contributed by atoms with van der Waals surface area (Å²) in [5.74, 6) is 0.856. The quantitative estimate of drug-likeness (QED) is 0.471. The maximum absolute atomic E-state index is 6.19. The molecule has 0 saturated heterocycles. The first kappa shape index (κ1) is 8.51. The summed E-state index contributed by atoms with van der Waals surface area (Å²) in [7, 11) is -1.33. The van der Waals surface area contributed by atoms with Gasteiger partial charge in [-0.25, -0.2) is 0 Å². The molecule has 2 aliphatic carbocycles. The van der Waals surface area contributed by atoms with Gasteiger partial charge in [0, 0.05) is 0 Å². The van der Waals surface area contributed by atoms with E-state index in [-0.39, 0.29) is 5.60 Å². The summed E-state index contributed by atoms with van der Waals surface area (Å²) in [6, 6.07) is 0. The van der Waals surface area contributed by atoms with Crippen LogP contribution in [0.3, 0.4) is 0 Å². The molecule has 2 aliphatic rings. The molecule has 12 heavy (non-hydrogen) atoms. The third-order valence-corrected chi connectivity index (χ3v) is 3.67. The standard InChI is InChI=1S/C10H18OSi/c1-12(2,3)11-10-7-5-4-6-9(10)8-10/h5,7,9H,4,6,8H2,1-3H3. The second-order valence-electron chi connectivity index (χ2n) is 5.05. The van der Waals surface area contributed by atoms with Crippen LogP contribution in [0, 0.1) is 5.92 Å². The Morgan fingerprint density at radius 3 is 2.75 bits per heavy atom. The second-order valence-corrected chi connectivity index (χ2v) is 9.48. The Kier molecular flexibility index (Phi) is 1.74. The molecule has 1 nitrogen and oxygen atoms in total. The van der Waals surface area contributed by atoms with Gasteiger partial charge in [-0.2, -0.15) is 0 Å². The molecule has 2 rings (SSSR count). The van der Waals surface area contributed by atoms with Crippen molar-refractivity contribution in [1.82, 2.24) is 0 Å². The molecule has 0 aromatic carbocycles. The molecule has 0 amide bonds. The monoisotopic (exact) mass is 182 g/mol. The van der Waals surface area contributed by atoms with Crippen LogP contribution in [-0.2, 0) is 4.43 Å². The van der Waals surface area contributed by atoms with E-state index in [0.717, 1.165) is 5.92 Å². The molecule has 2 unspecified atom stereocenters. The third kappa shape index (κ3) is 1.50. The van der Waals surface area contributed by atoms with Crippen LogP contribution in [0.25, 0.3) is 0 Å². The SMILES string of the molecule is C[Si](C)(C)OC12C=CCCC1C2. The summed E-state index contributed by atoms with van der Waals surface area (Å²) in [5, 5.41) is 0. The van der Waals surface area contributed by atoms with Crippen LogP contribution < -0.4 is 0 Å². The van der Waals surface area contributed by atoms with Gasteiger partial charge in [-0.05, 0) is 44.8 Å². The van der Waals surface area contributed by atoms with E-state index in [9.17, 15) is 0 Å². The predicted molar refractivity (Wildman–Crippen MR) is 53.6 cm³/mol. The van der Waals surface area contributed by atoms with E-state index < -0.39 is 8.32 Å². The topological polar surface area (TPSA) is 9.23 Å². The van der Waals surface area contributed by atoms with Crippen LogP contribution in [0.2, 0.25) is 19.6 Å². The van der Waals surface area contributed by atoms with Gasteiger partial charge in [0.15, 0.2) is 8.32 Å². The van der Waals surface area contributed by atoms with Gasteiger partial charge in [0.25, 0.3) is 0 Å². The first-order chi connectivity index (χ1) is 5.52. The van der Waals surface area contributed by atoms with Crippen LogP contribution in [0.15, 0.2) is 12.2 Å². The fourth-order valence-electron chi connectivity index (χ4n) is 2.19. The zero-order valence-electron chi connectivity index (χ0n) is 8.26. The Bertz CT molecular complexity index is 216. The molecular weight excluding hydrogens is 164 g/mol. The summed E-state index contributed by atoms with van der Waals surface area (Å²) in [6.45, 7) is 6.83. The molecule has 0 aromatic heterocycles. The molecule has 68 valence electrons. The zero-order valence-corrected chi connectivity index (χ0v) is 9.26. The lowest BCUT2D eigenvalue weighted by Gasteiger charge is -2.26. The maximum atomic E-state index is 6.19. The summed E-state index contributed by atoms with van der Waals surface area (Å²) < 4.78 is 6.19. The smallest absolute Gasteiger partial charge is 0.184 e. The Hall–Kier alpha value is -0.0831. The Labute approximate surface area is 75.9 Å². The highest BCUT2D eigenvalue weighted by Gasteiger charge is 2.55. The largest absolute Gasteiger partial charge is 0.408 e. The van der Waals surface area contributed by atoms with E-state index in [2.05, 4.69) is 31.8 Å². The highest BCUT2D eigenvalue weighted by Crippen LogP contribution is 2.54. The van der Waals surface area contributed by atoms with Gasteiger partial charge < -0.3 is 4.43 Å². The van der Waals surface area contributed by atoms with Gasteiger partial charge in [-0.3, -0.25) is 0 Å². The normalized spacial score (nSPS) is 39.4. The summed E-state index contributed by atoms with van der Waals surface area (Å²) in [6.07, 6.45) is 8.51. The van der Waals surface area contributed by atoms with Crippen molar-refractivity contribution in [2.24, 2.45) is 5.92 Å². The molecule has 0 N–H and O–H groups in total. The van der Waals surface area contributed by atoms with E-state index in [4.69, 9.17) is 4.43 Å². The lowest BCUT2D eigenvalue weighted by molar-refractivity contribution is 0.195. The van der Waals surface area contributed by atoms with Gasteiger partial charge in [0.1, 0.15) is 0 Å². The fourth-order valence-corrected chi connectivity index (χ4v) is 3.64. The number of fused-ring (bicyclic) bond motifs is 1. The van der Waals surface area contributed by atoms with E-state index in [0.29, 0.717) is 0 Å². The third-order valence-electron chi connectivity index (χ3n) is 2.67. The number of hydrogen-bond donors (Lipinski definition) is 0. The summed E-state index contributed by atoms with van der Waals surface area (Å²) in [5.41, 5.74) is 0.211. The van der Waals surface area contributed by atoms with Crippen LogP contribution in [0.1, 0.15) is 19.3 Å². The number of allylic oxidation sites excluding steroid dienone is 1. The minimum absolute atomic E-state index is 0.211. The van der Waals surface area contributed by atoms with Crippen molar-refractivity contribution in [1.29, 1.82) is 0 Å². The lowest BCUT2D eigenvalue weighted by atomic mass is 10.1. The zero-order chi connectivity index (χ0) is 8.82. The second kappa shape index (κ2) is 2.45. The van der Waals surface area contributed by atoms with Crippen molar-refractivity contribution in [3.05, 3.63) is 12.2 Å². The predicted octanol–water partition coefficient (Wildman–Crippen LogP) is 2.95. The molecule has 0 bridgehead atoms.